The van der Waals surface area contributed by atoms with Crippen LogP contribution in [0.25, 0.3) is 0 Å². The smallest absolute Gasteiger partial charge is 0.144 e. The Morgan fingerprint density at radius 1 is 1.20 bits per heavy atom. The molecule has 1 saturated carbocycles. The molecule has 0 heterocycles. The Kier molecular flexibility index (Phi) is 4.03. The van der Waals surface area contributed by atoms with Gasteiger partial charge in [-0.3, -0.25) is 0 Å². The maximum atomic E-state index is 13.2. The van der Waals surface area contributed by atoms with Gasteiger partial charge in [0.2, 0.25) is 0 Å². The third-order valence-corrected chi connectivity index (χ3v) is 3.85. The number of hydrogen-bond donors (Lipinski definition) is 1. The molecule has 0 bridgehead atoms. The molecule has 0 amide bonds. The van der Waals surface area contributed by atoms with Crippen LogP contribution >= 0.6 is 15.9 Å². The average molecular weight is 336 g/mol. The van der Waals surface area contributed by atoms with Gasteiger partial charge in [-0.2, -0.15) is 0 Å². The molecule has 3 rings (SSSR count). The molecule has 1 fully saturated rings. The fraction of sp³-hybridized carbons (Fsp3) is 0.250. The Hall–Kier alpha value is -1.39. The predicted molar refractivity (Wildman–Crippen MR) is 80.5 cm³/mol. The maximum absolute atomic E-state index is 13.2. The monoisotopic (exact) mass is 335 g/mol. The van der Waals surface area contributed by atoms with Gasteiger partial charge in [-0.25, -0.2) is 4.39 Å². The van der Waals surface area contributed by atoms with E-state index in [0.29, 0.717) is 17.5 Å². The lowest BCUT2D eigenvalue weighted by Gasteiger charge is -2.10. The van der Waals surface area contributed by atoms with Crippen LogP contribution in [0.2, 0.25) is 0 Å². The number of nitrogens with one attached hydrogen (secondary N) is 1. The highest BCUT2D eigenvalue weighted by molar-refractivity contribution is 9.10. The van der Waals surface area contributed by atoms with E-state index in [2.05, 4.69) is 27.3 Å². The summed E-state index contributed by atoms with van der Waals surface area (Å²) in [7, 11) is 0. The molecule has 1 aliphatic rings. The summed E-state index contributed by atoms with van der Waals surface area (Å²) in [5.41, 5.74) is 1.17. The molecule has 2 aromatic carbocycles. The molecule has 0 unspecified atom stereocenters. The van der Waals surface area contributed by atoms with Crippen molar-refractivity contribution in [1.82, 2.24) is 5.32 Å². The average Bonchev–Trinajstić information content (AvgIpc) is 3.25. The molecule has 0 saturated heterocycles. The van der Waals surface area contributed by atoms with Crippen LogP contribution in [0, 0.1) is 5.82 Å². The molecular weight excluding hydrogens is 321 g/mol. The van der Waals surface area contributed by atoms with Crippen LogP contribution in [0.4, 0.5) is 4.39 Å². The maximum Gasteiger partial charge on any atom is 0.144 e. The minimum Gasteiger partial charge on any atom is -0.456 e. The molecule has 20 heavy (non-hydrogen) atoms. The Bertz CT molecular complexity index is 613. The lowest BCUT2D eigenvalue weighted by molar-refractivity contribution is 0.472. The normalized spacial score (nSPS) is 14.3. The minimum atomic E-state index is -0.310. The molecule has 0 spiro atoms. The van der Waals surface area contributed by atoms with Crippen molar-refractivity contribution >= 4 is 15.9 Å². The first kappa shape index (κ1) is 13.6. The van der Waals surface area contributed by atoms with Crippen LogP contribution in [-0.4, -0.2) is 6.04 Å². The van der Waals surface area contributed by atoms with Crippen molar-refractivity contribution in [3.05, 3.63) is 58.3 Å². The van der Waals surface area contributed by atoms with Crippen LogP contribution in [0.3, 0.4) is 0 Å². The first-order valence-electron chi connectivity index (χ1n) is 6.66. The third kappa shape index (κ3) is 3.58. The van der Waals surface area contributed by atoms with Crippen LogP contribution in [0.1, 0.15) is 18.4 Å². The molecule has 0 aromatic heterocycles. The van der Waals surface area contributed by atoms with Gasteiger partial charge in [0, 0.05) is 18.7 Å². The lowest BCUT2D eigenvalue weighted by atomic mass is 10.2. The Morgan fingerprint density at radius 2 is 2.05 bits per heavy atom. The molecule has 0 aliphatic heterocycles. The highest BCUT2D eigenvalue weighted by atomic mass is 79.9. The Balaban J connectivity index is 1.72. The van der Waals surface area contributed by atoms with Crippen molar-refractivity contribution in [2.24, 2.45) is 0 Å². The molecule has 4 heteroatoms. The number of ether oxygens (including phenoxy) is 1. The van der Waals surface area contributed by atoms with E-state index < -0.39 is 0 Å². The minimum absolute atomic E-state index is 0.310. The van der Waals surface area contributed by atoms with Gasteiger partial charge in [0.25, 0.3) is 0 Å². The lowest BCUT2D eigenvalue weighted by Crippen LogP contribution is -2.15. The van der Waals surface area contributed by atoms with E-state index in [1.54, 1.807) is 6.07 Å². The van der Waals surface area contributed by atoms with E-state index in [0.717, 1.165) is 11.0 Å². The second-order valence-electron chi connectivity index (χ2n) is 4.98. The summed E-state index contributed by atoms with van der Waals surface area (Å²) in [5.74, 6) is 0.887. The van der Waals surface area contributed by atoms with E-state index >= 15 is 0 Å². The molecule has 2 nitrogen and oxygen atoms in total. The van der Waals surface area contributed by atoms with Crippen LogP contribution in [0.5, 0.6) is 11.5 Å². The summed E-state index contributed by atoms with van der Waals surface area (Å²) < 4.78 is 19.7. The van der Waals surface area contributed by atoms with Gasteiger partial charge < -0.3 is 10.1 Å². The van der Waals surface area contributed by atoms with Crippen molar-refractivity contribution in [3.8, 4) is 11.5 Å². The van der Waals surface area contributed by atoms with Gasteiger partial charge in [0.15, 0.2) is 0 Å². The van der Waals surface area contributed by atoms with Gasteiger partial charge in [-0.15, -0.1) is 0 Å². The third-order valence-electron chi connectivity index (χ3n) is 3.19. The van der Waals surface area contributed by atoms with E-state index in [1.165, 1.54) is 30.5 Å². The zero-order valence-corrected chi connectivity index (χ0v) is 12.5. The van der Waals surface area contributed by atoms with Gasteiger partial charge in [0.05, 0.1) is 4.47 Å². The van der Waals surface area contributed by atoms with Gasteiger partial charge in [-0.05, 0) is 58.6 Å². The summed E-state index contributed by atoms with van der Waals surface area (Å²) in [6.07, 6.45) is 2.54. The van der Waals surface area contributed by atoms with Crippen LogP contribution in [0.15, 0.2) is 46.9 Å². The van der Waals surface area contributed by atoms with Crippen LogP contribution in [-0.2, 0) is 6.54 Å². The van der Waals surface area contributed by atoms with Crippen molar-refractivity contribution in [2.45, 2.75) is 25.4 Å². The topological polar surface area (TPSA) is 21.3 Å². The van der Waals surface area contributed by atoms with E-state index in [1.807, 2.05) is 18.2 Å². The fourth-order valence-electron chi connectivity index (χ4n) is 1.95. The van der Waals surface area contributed by atoms with Crippen molar-refractivity contribution < 1.29 is 9.13 Å². The van der Waals surface area contributed by atoms with Gasteiger partial charge >= 0.3 is 0 Å². The zero-order chi connectivity index (χ0) is 13.9. The van der Waals surface area contributed by atoms with E-state index in [4.69, 9.17) is 4.74 Å². The standard InChI is InChI=1S/C16H15BrFNO/c17-15-7-4-12(18)9-16(15)20-14-3-1-2-11(8-14)10-19-13-5-6-13/h1-4,7-9,13,19H,5-6,10H2. The first-order chi connectivity index (χ1) is 9.70. The molecule has 1 aliphatic carbocycles. The number of halogens is 2. The van der Waals surface area contributed by atoms with Crippen molar-refractivity contribution in [1.29, 1.82) is 0 Å². The second-order valence-corrected chi connectivity index (χ2v) is 5.83. The fourth-order valence-corrected chi connectivity index (χ4v) is 2.28. The quantitative estimate of drug-likeness (QED) is 0.859. The molecule has 2 aromatic rings. The Labute approximate surface area is 126 Å². The van der Waals surface area contributed by atoms with Gasteiger partial charge in [0.1, 0.15) is 17.3 Å². The molecular formula is C16H15BrFNO. The molecule has 0 radical (unpaired) electrons. The zero-order valence-electron chi connectivity index (χ0n) is 10.9. The Morgan fingerprint density at radius 3 is 2.85 bits per heavy atom. The predicted octanol–water partition coefficient (Wildman–Crippen LogP) is 4.63. The largest absolute Gasteiger partial charge is 0.456 e. The summed E-state index contributed by atoms with van der Waals surface area (Å²) in [6.45, 7) is 0.839. The summed E-state index contributed by atoms with van der Waals surface area (Å²) in [6, 6.07) is 13.0. The van der Waals surface area contributed by atoms with Crippen molar-refractivity contribution in [3.63, 3.8) is 0 Å². The summed E-state index contributed by atoms with van der Waals surface area (Å²) >= 11 is 3.36. The summed E-state index contributed by atoms with van der Waals surface area (Å²) in [5, 5.41) is 3.46. The molecule has 1 N–H and O–H groups in total. The summed E-state index contributed by atoms with van der Waals surface area (Å²) in [4.78, 5) is 0. The van der Waals surface area contributed by atoms with Gasteiger partial charge in [-0.1, -0.05) is 12.1 Å². The van der Waals surface area contributed by atoms with Crippen LogP contribution < -0.4 is 10.1 Å². The molecule has 104 valence electrons. The highest BCUT2D eigenvalue weighted by Gasteiger charge is 2.19. The van der Waals surface area contributed by atoms with E-state index in [9.17, 15) is 4.39 Å². The van der Waals surface area contributed by atoms with E-state index in [-0.39, 0.29) is 5.82 Å². The highest BCUT2D eigenvalue weighted by Crippen LogP contribution is 2.30. The molecule has 0 atom stereocenters. The first-order valence-corrected chi connectivity index (χ1v) is 7.45. The van der Waals surface area contributed by atoms with Crippen molar-refractivity contribution in [2.75, 3.05) is 0 Å². The second kappa shape index (κ2) is 5.94. The number of benzene rings is 2. The number of rotatable bonds is 5. The number of hydrogen-bond acceptors (Lipinski definition) is 2. The SMILES string of the molecule is Fc1ccc(Br)c(Oc2cccc(CNC3CC3)c2)c1.